The Bertz CT molecular complexity index is 1020. The molecule has 1 unspecified atom stereocenters. The third-order valence-electron chi connectivity index (χ3n) is 6.84. The monoisotopic (exact) mass is 495 g/mol. The number of hydrogen-bond donors (Lipinski definition) is 3. The Kier molecular flexibility index (Phi) is 9.06. The Morgan fingerprint density at radius 3 is 2.63 bits per heavy atom. The van der Waals surface area contributed by atoms with Crippen LogP contribution in [0.4, 0.5) is 11.4 Å². The number of nitrogens with zero attached hydrogens (tertiary/aromatic N) is 2. The Morgan fingerprint density at radius 2 is 1.86 bits per heavy atom. The first kappa shape index (κ1) is 25.5. The number of likely N-dealkylation sites (N-methyl/N-ethyl adjacent to an activating group) is 1. The number of fused-ring (bicyclic) bond motifs is 1. The van der Waals surface area contributed by atoms with Crippen LogP contribution < -0.4 is 16.0 Å². The maximum atomic E-state index is 12.7. The summed E-state index contributed by atoms with van der Waals surface area (Å²) >= 11 is 1.74. The summed E-state index contributed by atoms with van der Waals surface area (Å²) in [6.45, 7) is 11.6. The van der Waals surface area contributed by atoms with Gasteiger partial charge in [0.2, 0.25) is 5.91 Å². The average Bonchev–Trinajstić information content (AvgIpc) is 2.88. The molecule has 8 heteroatoms. The normalized spacial score (nSPS) is 18.5. The number of amides is 2. The van der Waals surface area contributed by atoms with E-state index in [4.69, 9.17) is 0 Å². The molecule has 0 radical (unpaired) electrons. The molecule has 188 valence electrons. The minimum absolute atomic E-state index is 0.0597. The molecule has 1 fully saturated rings. The molecule has 35 heavy (non-hydrogen) atoms. The van der Waals surface area contributed by atoms with Crippen LogP contribution in [0.15, 0.2) is 42.5 Å². The van der Waals surface area contributed by atoms with Crippen LogP contribution in [0.5, 0.6) is 0 Å². The molecular formula is C27H37N5O2S. The van der Waals surface area contributed by atoms with Crippen LogP contribution in [-0.2, 0) is 10.5 Å². The number of piperazine rings is 1. The van der Waals surface area contributed by atoms with E-state index in [1.165, 1.54) is 11.1 Å². The molecular weight excluding hydrogens is 458 g/mol. The Morgan fingerprint density at radius 1 is 1.09 bits per heavy atom. The van der Waals surface area contributed by atoms with E-state index in [1.54, 1.807) is 17.8 Å². The third kappa shape index (κ3) is 6.99. The molecule has 0 aliphatic carbocycles. The van der Waals surface area contributed by atoms with Gasteiger partial charge in [-0.1, -0.05) is 31.2 Å². The SMILES string of the molecule is CCN1CCN(CCCNC(=O)c2ccc3c(c2)NC(=O)C(CSCc2ccccc2C)N3)CC1. The smallest absolute Gasteiger partial charge is 0.251 e. The molecule has 2 aromatic carbocycles. The second kappa shape index (κ2) is 12.4. The van der Waals surface area contributed by atoms with Gasteiger partial charge >= 0.3 is 0 Å². The highest BCUT2D eigenvalue weighted by molar-refractivity contribution is 7.98. The summed E-state index contributed by atoms with van der Waals surface area (Å²) in [6.07, 6.45) is 0.933. The number of benzene rings is 2. The second-order valence-electron chi connectivity index (χ2n) is 9.27. The number of thioether (sulfide) groups is 1. The van der Waals surface area contributed by atoms with Crippen LogP contribution in [0.1, 0.15) is 34.8 Å². The number of carbonyl (C=O) groups excluding carboxylic acids is 2. The first-order valence-corrected chi connectivity index (χ1v) is 13.8. The molecule has 4 rings (SSSR count). The van der Waals surface area contributed by atoms with E-state index in [0.29, 0.717) is 23.5 Å². The van der Waals surface area contributed by atoms with Crippen molar-refractivity contribution in [3.8, 4) is 0 Å². The summed E-state index contributed by atoms with van der Waals surface area (Å²) in [5, 5.41) is 9.34. The van der Waals surface area contributed by atoms with Crippen LogP contribution in [-0.4, -0.2) is 79.2 Å². The number of aryl methyl sites for hydroxylation is 1. The lowest BCUT2D eigenvalue weighted by atomic mass is 10.1. The first-order chi connectivity index (χ1) is 17.0. The van der Waals surface area contributed by atoms with E-state index in [9.17, 15) is 9.59 Å². The van der Waals surface area contributed by atoms with Gasteiger partial charge in [-0.3, -0.25) is 9.59 Å². The molecule has 2 aliphatic heterocycles. The number of anilines is 2. The molecule has 0 bridgehead atoms. The van der Waals surface area contributed by atoms with Gasteiger partial charge in [-0.2, -0.15) is 11.8 Å². The van der Waals surface area contributed by atoms with Gasteiger partial charge in [-0.15, -0.1) is 0 Å². The van der Waals surface area contributed by atoms with Crippen molar-refractivity contribution in [2.24, 2.45) is 0 Å². The van der Waals surface area contributed by atoms with Crippen molar-refractivity contribution in [3.63, 3.8) is 0 Å². The molecule has 1 saturated heterocycles. The highest BCUT2D eigenvalue weighted by Gasteiger charge is 2.26. The van der Waals surface area contributed by atoms with Gasteiger partial charge in [-0.25, -0.2) is 0 Å². The summed E-state index contributed by atoms with van der Waals surface area (Å²) in [6, 6.07) is 13.5. The lowest BCUT2D eigenvalue weighted by Crippen LogP contribution is -2.46. The zero-order valence-corrected chi connectivity index (χ0v) is 21.6. The van der Waals surface area contributed by atoms with E-state index in [1.807, 2.05) is 24.3 Å². The molecule has 3 N–H and O–H groups in total. The topological polar surface area (TPSA) is 76.7 Å². The van der Waals surface area contributed by atoms with Crippen LogP contribution in [0.2, 0.25) is 0 Å². The van der Waals surface area contributed by atoms with Gasteiger partial charge in [0.05, 0.1) is 11.4 Å². The van der Waals surface area contributed by atoms with Gasteiger partial charge in [0.1, 0.15) is 6.04 Å². The molecule has 1 atom stereocenters. The fraction of sp³-hybridized carbons (Fsp3) is 0.481. The van der Waals surface area contributed by atoms with Gasteiger partial charge < -0.3 is 25.8 Å². The highest BCUT2D eigenvalue weighted by atomic mass is 32.2. The van der Waals surface area contributed by atoms with Crippen LogP contribution in [0.25, 0.3) is 0 Å². The van der Waals surface area contributed by atoms with E-state index in [2.05, 4.69) is 51.7 Å². The third-order valence-corrected chi connectivity index (χ3v) is 7.92. The fourth-order valence-corrected chi connectivity index (χ4v) is 5.63. The van der Waals surface area contributed by atoms with E-state index < -0.39 is 0 Å². The Balaban J connectivity index is 1.21. The van der Waals surface area contributed by atoms with E-state index in [-0.39, 0.29) is 17.9 Å². The molecule has 0 spiro atoms. The molecule has 2 heterocycles. The zero-order chi connectivity index (χ0) is 24.6. The maximum Gasteiger partial charge on any atom is 0.251 e. The molecule has 2 aromatic rings. The summed E-state index contributed by atoms with van der Waals surface area (Å²) in [4.78, 5) is 30.2. The summed E-state index contributed by atoms with van der Waals surface area (Å²) in [5.41, 5.74) is 4.65. The Labute approximate surface area is 213 Å². The van der Waals surface area contributed by atoms with Crippen molar-refractivity contribution < 1.29 is 9.59 Å². The minimum Gasteiger partial charge on any atom is -0.371 e. The van der Waals surface area contributed by atoms with Gasteiger partial charge in [0, 0.05) is 49.8 Å². The van der Waals surface area contributed by atoms with Crippen molar-refractivity contribution in [2.75, 3.05) is 62.2 Å². The largest absolute Gasteiger partial charge is 0.371 e. The maximum absolute atomic E-state index is 12.7. The average molecular weight is 496 g/mol. The van der Waals surface area contributed by atoms with Crippen molar-refractivity contribution in [1.29, 1.82) is 0 Å². The van der Waals surface area contributed by atoms with Crippen molar-refractivity contribution in [2.45, 2.75) is 32.1 Å². The van der Waals surface area contributed by atoms with E-state index >= 15 is 0 Å². The van der Waals surface area contributed by atoms with Gasteiger partial charge in [0.15, 0.2) is 0 Å². The lowest BCUT2D eigenvalue weighted by molar-refractivity contribution is -0.116. The summed E-state index contributed by atoms with van der Waals surface area (Å²) in [7, 11) is 0. The quantitative estimate of drug-likeness (QED) is 0.439. The standard InChI is InChI=1S/C27H37N5O2S/c1-3-31-13-15-32(16-14-31)12-6-11-28-26(33)21-9-10-23-24(17-21)30-27(34)25(29-23)19-35-18-22-8-5-4-7-20(22)2/h4-5,7-10,17,25,29H,3,6,11-16,18-19H2,1-2H3,(H,28,33)(H,30,34). The van der Waals surface area contributed by atoms with E-state index in [0.717, 1.165) is 57.1 Å². The fourth-order valence-electron chi connectivity index (χ4n) is 4.50. The number of carbonyl (C=O) groups is 2. The van der Waals surface area contributed by atoms with Crippen LogP contribution >= 0.6 is 11.8 Å². The number of nitrogens with one attached hydrogen (secondary N) is 3. The summed E-state index contributed by atoms with van der Waals surface area (Å²) < 4.78 is 0. The number of rotatable bonds is 10. The van der Waals surface area contributed by atoms with Crippen LogP contribution in [0, 0.1) is 6.92 Å². The van der Waals surface area contributed by atoms with Gasteiger partial charge in [-0.05, 0) is 55.8 Å². The molecule has 2 aliphatic rings. The molecule has 2 amide bonds. The minimum atomic E-state index is -0.296. The van der Waals surface area contributed by atoms with Gasteiger partial charge in [0.25, 0.3) is 5.91 Å². The number of hydrogen-bond acceptors (Lipinski definition) is 6. The first-order valence-electron chi connectivity index (χ1n) is 12.6. The zero-order valence-electron chi connectivity index (χ0n) is 20.8. The van der Waals surface area contributed by atoms with Crippen molar-refractivity contribution >= 4 is 35.0 Å². The van der Waals surface area contributed by atoms with Crippen molar-refractivity contribution in [1.82, 2.24) is 15.1 Å². The van der Waals surface area contributed by atoms with Crippen molar-refractivity contribution in [3.05, 3.63) is 59.2 Å². The second-order valence-corrected chi connectivity index (χ2v) is 10.3. The molecule has 0 saturated carbocycles. The highest BCUT2D eigenvalue weighted by Crippen LogP contribution is 2.29. The lowest BCUT2D eigenvalue weighted by Gasteiger charge is -2.33. The molecule has 7 nitrogen and oxygen atoms in total. The molecule has 0 aromatic heterocycles. The predicted molar refractivity (Wildman–Crippen MR) is 145 cm³/mol. The van der Waals surface area contributed by atoms with Crippen LogP contribution in [0.3, 0.4) is 0 Å². The predicted octanol–water partition coefficient (Wildman–Crippen LogP) is 3.42. The summed E-state index contributed by atoms with van der Waals surface area (Å²) in [5.74, 6) is 1.39. The Hall–Kier alpha value is -2.55.